The topological polar surface area (TPSA) is 84.5 Å². The van der Waals surface area contributed by atoms with Crippen LogP contribution in [0.4, 0.5) is 0 Å². The summed E-state index contributed by atoms with van der Waals surface area (Å²) >= 11 is 0. The molecule has 0 aromatic heterocycles. The van der Waals surface area contributed by atoms with E-state index in [4.69, 9.17) is 4.74 Å². The van der Waals surface area contributed by atoms with Crippen LogP contribution in [0.2, 0.25) is 0 Å². The minimum atomic E-state index is -0.829. The van der Waals surface area contributed by atoms with Gasteiger partial charge >= 0.3 is 5.97 Å². The third kappa shape index (κ3) is 7.07. The van der Waals surface area contributed by atoms with E-state index >= 15 is 0 Å². The average molecular weight is 397 g/mol. The van der Waals surface area contributed by atoms with Gasteiger partial charge in [0.25, 0.3) is 5.91 Å². The molecular formula is C23H28N2O4. The Balaban J connectivity index is 2.19. The maximum atomic E-state index is 13.0. The van der Waals surface area contributed by atoms with Gasteiger partial charge in [-0.1, -0.05) is 62.4 Å². The number of amides is 2. The number of hydrogen-bond donors (Lipinski definition) is 2. The van der Waals surface area contributed by atoms with Crippen molar-refractivity contribution in [2.75, 3.05) is 7.11 Å². The molecule has 0 aliphatic carbocycles. The molecule has 0 radical (unpaired) electrons. The molecular weight excluding hydrogens is 369 g/mol. The molecule has 2 amide bonds. The highest BCUT2D eigenvalue weighted by Gasteiger charge is 2.28. The molecule has 0 saturated carbocycles. The van der Waals surface area contributed by atoms with Crippen LogP contribution in [-0.4, -0.2) is 37.0 Å². The largest absolute Gasteiger partial charge is 0.467 e. The molecule has 2 atom stereocenters. The molecule has 0 heterocycles. The van der Waals surface area contributed by atoms with Crippen molar-refractivity contribution in [1.82, 2.24) is 10.6 Å². The fraction of sp³-hybridized carbons (Fsp3) is 0.348. The van der Waals surface area contributed by atoms with Gasteiger partial charge in [0.15, 0.2) is 0 Å². The summed E-state index contributed by atoms with van der Waals surface area (Å²) in [6.07, 6.45) is 0.754. The molecule has 2 aromatic rings. The Hall–Kier alpha value is -3.15. The lowest BCUT2D eigenvalue weighted by Gasteiger charge is -2.23. The number of carbonyl (C=O) groups excluding carboxylic acids is 3. The molecule has 0 aliphatic heterocycles. The molecule has 6 heteroatoms. The zero-order chi connectivity index (χ0) is 21.2. The Bertz CT molecular complexity index is 806. The second-order valence-corrected chi connectivity index (χ2v) is 7.30. The van der Waals surface area contributed by atoms with Crippen LogP contribution < -0.4 is 10.6 Å². The van der Waals surface area contributed by atoms with Crippen molar-refractivity contribution in [2.45, 2.75) is 38.8 Å². The van der Waals surface area contributed by atoms with Gasteiger partial charge in [-0.05, 0) is 30.0 Å². The zero-order valence-corrected chi connectivity index (χ0v) is 17.1. The SMILES string of the molecule is COC(=O)[C@H](CC(C)C)NC(=O)[13C@H](Cc1ccccc1)NC(=O)c1ccccc1. The number of benzene rings is 2. The number of ether oxygens (including phenoxy) is 1. The normalized spacial score (nSPS) is 12.7. The lowest BCUT2D eigenvalue weighted by Crippen LogP contribution is -2.53. The third-order valence-corrected chi connectivity index (χ3v) is 4.45. The van der Waals surface area contributed by atoms with Gasteiger partial charge in [-0.2, -0.15) is 0 Å². The zero-order valence-electron chi connectivity index (χ0n) is 17.1. The van der Waals surface area contributed by atoms with E-state index in [1.807, 2.05) is 50.2 Å². The van der Waals surface area contributed by atoms with E-state index < -0.39 is 24.0 Å². The van der Waals surface area contributed by atoms with Crippen LogP contribution in [0.1, 0.15) is 36.2 Å². The number of hydrogen-bond acceptors (Lipinski definition) is 4. The summed E-state index contributed by atoms with van der Waals surface area (Å²) < 4.78 is 4.82. The van der Waals surface area contributed by atoms with Crippen LogP contribution in [0, 0.1) is 5.92 Å². The van der Waals surface area contributed by atoms with Crippen molar-refractivity contribution in [3.63, 3.8) is 0 Å². The van der Waals surface area contributed by atoms with E-state index in [2.05, 4.69) is 10.6 Å². The fourth-order valence-electron chi connectivity index (χ4n) is 2.99. The first-order valence-corrected chi connectivity index (χ1v) is 9.68. The summed E-state index contributed by atoms with van der Waals surface area (Å²) in [7, 11) is 1.29. The van der Waals surface area contributed by atoms with Gasteiger partial charge in [-0.3, -0.25) is 9.59 Å². The summed E-state index contributed by atoms with van der Waals surface area (Å²) in [6, 6.07) is 16.5. The first kappa shape index (κ1) is 22.1. The van der Waals surface area contributed by atoms with Crippen LogP contribution in [0.3, 0.4) is 0 Å². The Labute approximate surface area is 171 Å². The van der Waals surface area contributed by atoms with E-state index in [0.29, 0.717) is 18.4 Å². The molecule has 29 heavy (non-hydrogen) atoms. The van der Waals surface area contributed by atoms with Gasteiger partial charge in [0.05, 0.1) is 7.11 Å². The summed E-state index contributed by atoms with van der Waals surface area (Å²) in [6.45, 7) is 3.92. The number of rotatable bonds is 9. The summed E-state index contributed by atoms with van der Waals surface area (Å²) in [5, 5.41) is 5.54. The molecule has 154 valence electrons. The van der Waals surface area contributed by atoms with Crippen molar-refractivity contribution in [3.8, 4) is 0 Å². The van der Waals surface area contributed by atoms with Gasteiger partial charge in [-0.15, -0.1) is 0 Å². The molecule has 0 spiro atoms. The van der Waals surface area contributed by atoms with Gasteiger partial charge in [0.1, 0.15) is 12.1 Å². The van der Waals surface area contributed by atoms with Crippen molar-refractivity contribution in [1.29, 1.82) is 0 Å². The molecule has 0 saturated heterocycles. The average Bonchev–Trinajstić information content (AvgIpc) is 2.73. The van der Waals surface area contributed by atoms with Crippen molar-refractivity contribution in [2.24, 2.45) is 5.92 Å². The number of carbonyl (C=O) groups is 3. The molecule has 0 unspecified atom stereocenters. The molecule has 0 aliphatic rings. The number of methoxy groups -OCH3 is 1. The second-order valence-electron chi connectivity index (χ2n) is 7.30. The van der Waals surface area contributed by atoms with E-state index in [0.717, 1.165) is 5.56 Å². The van der Waals surface area contributed by atoms with Crippen LogP contribution in [0.5, 0.6) is 0 Å². The smallest absolute Gasteiger partial charge is 0.328 e. The van der Waals surface area contributed by atoms with Gasteiger partial charge < -0.3 is 15.4 Å². The molecule has 6 nitrogen and oxygen atoms in total. The Morgan fingerprint density at radius 3 is 2.00 bits per heavy atom. The monoisotopic (exact) mass is 397 g/mol. The Kier molecular flexibility index (Phi) is 8.40. The number of nitrogens with one attached hydrogen (secondary N) is 2. The van der Waals surface area contributed by atoms with Crippen molar-refractivity contribution < 1.29 is 19.1 Å². The lowest BCUT2D eigenvalue weighted by molar-refractivity contribution is -0.145. The van der Waals surface area contributed by atoms with Crippen LogP contribution in [-0.2, 0) is 20.7 Å². The first-order chi connectivity index (χ1) is 13.9. The summed E-state index contributed by atoms with van der Waals surface area (Å²) in [5.74, 6) is -1.08. The summed E-state index contributed by atoms with van der Waals surface area (Å²) in [5.41, 5.74) is 1.37. The van der Waals surface area contributed by atoms with E-state index in [9.17, 15) is 14.4 Å². The van der Waals surface area contributed by atoms with E-state index in [1.54, 1.807) is 24.3 Å². The van der Waals surface area contributed by atoms with Crippen LogP contribution >= 0.6 is 0 Å². The van der Waals surface area contributed by atoms with Gasteiger partial charge in [0.2, 0.25) is 5.91 Å². The molecule has 0 bridgehead atoms. The number of esters is 1. The fourth-order valence-corrected chi connectivity index (χ4v) is 2.99. The Morgan fingerprint density at radius 1 is 0.862 bits per heavy atom. The highest BCUT2D eigenvalue weighted by molar-refractivity contribution is 5.98. The van der Waals surface area contributed by atoms with Gasteiger partial charge in [-0.25, -0.2) is 4.79 Å². The van der Waals surface area contributed by atoms with Crippen molar-refractivity contribution >= 4 is 17.8 Å². The maximum absolute atomic E-state index is 13.0. The van der Waals surface area contributed by atoms with E-state index in [-0.39, 0.29) is 11.8 Å². The third-order valence-electron chi connectivity index (χ3n) is 4.45. The summed E-state index contributed by atoms with van der Waals surface area (Å²) in [4.78, 5) is 37.7. The lowest BCUT2D eigenvalue weighted by atomic mass is 10.0. The molecule has 0 fully saturated rings. The maximum Gasteiger partial charge on any atom is 0.328 e. The quantitative estimate of drug-likeness (QED) is 0.503. The molecule has 2 aromatic carbocycles. The van der Waals surface area contributed by atoms with Crippen LogP contribution in [0.25, 0.3) is 0 Å². The standard InChI is InChI=1S/C23H28N2O4/c1-16(2)14-20(23(28)29-3)25-22(27)19(15-17-10-6-4-7-11-17)24-21(26)18-12-8-5-9-13-18/h4-13,16,19-20H,14-15H2,1-3H3,(H,24,26)(H,25,27)/t19-,20-/m0/s1/i19+1. The Morgan fingerprint density at radius 2 is 1.45 bits per heavy atom. The molecule has 2 N–H and O–H groups in total. The van der Waals surface area contributed by atoms with E-state index in [1.165, 1.54) is 7.11 Å². The van der Waals surface area contributed by atoms with Crippen molar-refractivity contribution in [3.05, 3.63) is 71.8 Å². The minimum Gasteiger partial charge on any atom is -0.467 e. The second kappa shape index (κ2) is 11.0. The highest BCUT2D eigenvalue weighted by atomic mass is 16.5. The van der Waals surface area contributed by atoms with Gasteiger partial charge in [0, 0.05) is 12.0 Å². The first-order valence-electron chi connectivity index (χ1n) is 9.68. The minimum absolute atomic E-state index is 0.186. The van der Waals surface area contributed by atoms with Crippen LogP contribution in [0.15, 0.2) is 60.7 Å². The molecule has 2 rings (SSSR count). The predicted molar refractivity (Wildman–Crippen MR) is 111 cm³/mol. The predicted octanol–water partition coefficient (Wildman–Crippen LogP) is 2.73. The highest BCUT2D eigenvalue weighted by Crippen LogP contribution is 2.09.